The molecule has 2 aromatic carbocycles. The Bertz CT molecular complexity index is 1090. The number of aromatic amines is 1. The number of anilines is 1. The fourth-order valence-corrected chi connectivity index (χ4v) is 2.33. The van der Waals surface area contributed by atoms with Crippen molar-refractivity contribution in [1.82, 2.24) is 30.8 Å². The number of aromatic nitrogens is 6. The van der Waals surface area contributed by atoms with Crippen LogP contribution in [0.4, 0.5) is 5.69 Å². The fourth-order valence-electron chi connectivity index (χ4n) is 2.33. The highest BCUT2D eigenvalue weighted by Crippen LogP contribution is 2.23. The van der Waals surface area contributed by atoms with E-state index in [2.05, 4.69) is 36.1 Å². The molecule has 0 unspecified atom stereocenters. The van der Waals surface area contributed by atoms with Crippen LogP contribution in [0.5, 0.6) is 0 Å². The smallest absolute Gasteiger partial charge is 0.258 e. The van der Waals surface area contributed by atoms with E-state index in [9.17, 15) is 0 Å². The third kappa shape index (κ3) is 3.54. The zero-order valence-electron chi connectivity index (χ0n) is 13.9. The van der Waals surface area contributed by atoms with Crippen LogP contribution in [0, 0.1) is 11.3 Å². The minimum absolute atomic E-state index is 0.223. The molecule has 0 bridgehead atoms. The predicted octanol–water partition coefficient (Wildman–Crippen LogP) is 2.89. The fraction of sp³-hybridized carbons (Fsp3) is 0. The average Bonchev–Trinajstić information content (AvgIpc) is 3.42. The Morgan fingerprint density at radius 3 is 2.59 bits per heavy atom. The van der Waals surface area contributed by atoms with Crippen LogP contribution in [0.2, 0.25) is 0 Å². The Balaban J connectivity index is 1.50. The van der Waals surface area contributed by atoms with Crippen LogP contribution in [0.1, 0.15) is 5.82 Å². The summed E-state index contributed by atoms with van der Waals surface area (Å²) in [6, 6.07) is 19.0. The molecule has 0 spiro atoms. The number of nitriles is 1. The summed E-state index contributed by atoms with van der Waals surface area (Å²) in [5.74, 6) is 1.19. The minimum Gasteiger partial charge on any atom is -0.360 e. The van der Waals surface area contributed by atoms with E-state index >= 15 is 0 Å². The summed E-state index contributed by atoms with van der Waals surface area (Å²) in [4.78, 5) is 4.42. The number of hydrogen-bond acceptors (Lipinski definition) is 8. The van der Waals surface area contributed by atoms with E-state index in [1.807, 2.05) is 60.7 Å². The largest absolute Gasteiger partial charge is 0.360 e. The van der Waals surface area contributed by atoms with Crippen LogP contribution in [0.3, 0.4) is 0 Å². The van der Waals surface area contributed by atoms with E-state index in [0.29, 0.717) is 11.7 Å². The molecule has 0 amide bonds. The van der Waals surface area contributed by atoms with Crippen molar-refractivity contribution in [3.05, 3.63) is 66.6 Å². The topological polar surface area (TPSA) is 129 Å². The van der Waals surface area contributed by atoms with Gasteiger partial charge in [-0.15, -0.1) is 10.2 Å². The number of nitrogens with zero attached hydrogens (tertiary/aromatic N) is 6. The van der Waals surface area contributed by atoms with E-state index in [1.54, 1.807) is 0 Å². The zero-order chi connectivity index (χ0) is 18.5. The summed E-state index contributed by atoms with van der Waals surface area (Å²) in [5.41, 5.74) is 2.72. The van der Waals surface area contributed by atoms with E-state index in [4.69, 9.17) is 9.78 Å². The number of rotatable bonds is 5. The molecule has 0 radical (unpaired) electrons. The van der Waals surface area contributed by atoms with Gasteiger partial charge in [-0.25, -0.2) is 0 Å². The number of H-pyrrole nitrogens is 1. The van der Waals surface area contributed by atoms with Crippen LogP contribution in [0.15, 0.2) is 65.3 Å². The maximum Gasteiger partial charge on any atom is 0.258 e. The normalized spacial score (nSPS) is 11.1. The Kier molecular flexibility index (Phi) is 4.36. The number of allylic oxidation sites excluding steroid dienone is 1. The summed E-state index contributed by atoms with van der Waals surface area (Å²) < 4.78 is 5.35. The van der Waals surface area contributed by atoms with Crippen molar-refractivity contribution in [2.75, 3.05) is 5.32 Å². The summed E-state index contributed by atoms with van der Waals surface area (Å²) in [6.45, 7) is 0. The first-order valence-corrected chi connectivity index (χ1v) is 7.93. The molecule has 27 heavy (non-hydrogen) atoms. The Morgan fingerprint density at radius 1 is 1.07 bits per heavy atom. The summed E-state index contributed by atoms with van der Waals surface area (Å²) in [7, 11) is 0. The maximum atomic E-state index is 9.16. The van der Waals surface area contributed by atoms with Crippen molar-refractivity contribution >= 4 is 11.3 Å². The van der Waals surface area contributed by atoms with Crippen LogP contribution >= 0.6 is 0 Å². The van der Waals surface area contributed by atoms with Gasteiger partial charge in [0.25, 0.3) is 5.89 Å². The molecule has 2 heterocycles. The van der Waals surface area contributed by atoms with Gasteiger partial charge in [0.15, 0.2) is 0 Å². The lowest BCUT2D eigenvalue weighted by molar-refractivity contribution is 0.432. The molecule has 4 rings (SSSR count). The van der Waals surface area contributed by atoms with Gasteiger partial charge in [0.1, 0.15) is 11.6 Å². The van der Waals surface area contributed by atoms with E-state index < -0.39 is 0 Å². The lowest BCUT2D eigenvalue weighted by Crippen LogP contribution is -1.93. The summed E-state index contributed by atoms with van der Waals surface area (Å²) in [5, 5.41) is 29.5. The third-order valence-electron chi connectivity index (χ3n) is 3.68. The van der Waals surface area contributed by atoms with E-state index in [1.165, 1.54) is 6.20 Å². The Hall–Kier alpha value is -4.32. The first-order chi connectivity index (χ1) is 13.3. The standard InChI is InChI=1S/C18H12N8O/c19-10-14(17-22-25-26-23-17)11-20-15-8-6-13(7-9-15)18-21-16(24-27-18)12-4-2-1-3-5-12/h1-9,11,20H,(H,22,23,25,26). The van der Waals surface area contributed by atoms with Gasteiger partial charge in [0.05, 0.1) is 0 Å². The molecular formula is C18H12N8O. The van der Waals surface area contributed by atoms with Gasteiger partial charge in [-0.05, 0) is 29.5 Å². The minimum atomic E-state index is 0.223. The monoisotopic (exact) mass is 356 g/mol. The Morgan fingerprint density at radius 2 is 1.89 bits per heavy atom. The van der Waals surface area contributed by atoms with Gasteiger partial charge in [-0.3, -0.25) is 0 Å². The van der Waals surface area contributed by atoms with Gasteiger partial charge in [-0.1, -0.05) is 35.5 Å². The lowest BCUT2D eigenvalue weighted by atomic mass is 10.2. The van der Waals surface area contributed by atoms with Crippen LogP contribution in [-0.4, -0.2) is 30.8 Å². The highest BCUT2D eigenvalue weighted by Gasteiger charge is 2.10. The highest BCUT2D eigenvalue weighted by molar-refractivity contribution is 5.74. The molecule has 0 fully saturated rings. The third-order valence-corrected chi connectivity index (χ3v) is 3.68. The quantitative estimate of drug-likeness (QED) is 0.522. The molecule has 0 saturated heterocycles. The molecule has 2 N–H and O–H groups in total. The number of nitrogens with one attached hydrogen (secondary N) is 2. The van der Waals surface area contributed by atoms with Gasteiger partial charge in [-0.2, -0.15) is 15.5 Å². The van der Waals surface area contributed by atoms with Crippen molar-refractivity contribution < 1.29 is 4.52 Å². The van der Waals surface area contributed by atoms with Crippen LogP contribution in [-0.2, 0) is 0 Å². The average molecular weight is 356 g/mol. The van der Waals surface area contributed by atoms with E-state index in [0.717, 1.165) is 16.8 Å². The van der Waals surface area contributed by atoms with Gasteiger partial charge < -0.3 is 9.84 Å². The second-order valence-electron chi connectivity index (χ2n) is 5.42. The SMILES string of the molecule is N#CC(=CNc1ccc(-c2nc(-c3ccccc3)no2)cc1)c1nn[nH]n1. The maximum absolute atomic E-state index is 9.16. The lowest BCUT2D eigenvalue weighted by Gasteiger charge is -2.01. The van der Waals surface area contributed by atoms with Crippen molar-refractivity contribution in [3.63, 3.8) is 0 Å². The Labute approximate surface area is 153 Å². The molecule has 0 saturated carbocycles. The predicted molar refractivity (Wildman–Crippen MR) is 96.6 cm³/mol. The molecule has 130 valence electrons. The van der Waals surface area contributed by atoms with E-state index in [-0.39, 0.29) is 11.4 Å². The van der Waals surface area contributed by atoms with Crippen LogP contribution < -0.4 is 5.32 Å². The summed E-state index contributed by atoms with van der Waals surface area (Å²) >= 11 is 0. The van der Waals surface area contributed by atoms with Gasteiger partial charge in [0, 0.05) is 23.0 Å². The molecule has 4 aromatic rings. The number of tetrazole rings is 1. The second-order valence-corrected chi connectivity index (χ2v) is 5.42. The zero-order valence-corrected chi connectivity index (χ0v) is 13.9. The molecule has 0 aliphatic carbocycles. The van der Waals surface area contributed by atoms with Gasteiger partial charge in [0.2, 0.25) is 11.6 Å². The molecule has 9 nitrogen and oxygen atoms in total. The van der Waals surface area contributed by atoms with Gasteiger partial charge >= 0.3 is 0 Å². The van der Waals surface area contributed by atoms with Crippen molar-refractivity contribution in [3.8, 4) is 28.9 Å². The molecule has 0 aliphatic rings. The molecule has 0 aliphatic heterocycles. The first-order valence-electron chi connectivity index (χ1n) is 7.93. The molecular weight excluding hydrogens is 344 g/mol. The van der Waals surface area contributed by atoms with Crippen molar-refractivity contribution in [2.24, 2.45) is 0 Å². The summed E-state index contributed by atoms with van der Waals surface area (Å²) in [6.07, 6.45) is 1.51. The molecule has 2 aromatic heterocycles. The number of hydrogen-bond donors (Lipinski definition) is 2. The molecule has 0 atom stereocenters. The molecule has 9 heteroatoms. The first kappa shape index (κ1) is 16.2. The van der Waals surface area contributed by atoms with Crippen molar-refractivity contribution in [1.29, 1.82) is 5.26 Å². The van der Waals surface area contributed by atoms with Crippen LogP contribution in [0.25, 0.3) is 28.4 Å². The highest BCUT2D eigenvalue weighted by atomic mass is 16.5. The van der Waals surface area contributed by atoms with Crippen molar-refractivity contribution in [2.45, 2.75) is 0 Å². The number of benzene rings is 2. The second kappa shape index (κ2) is 7.28.